The Morgan fingerprint density at radius 3 is 2.53 bits per heavy atom. The van der Waals surface area contributed by atoms with E-state index in [0.717, 1.165) is 6.07 Å². The molecule has 4 nitrogen and oxygen atoms in total. The van der Waals surface area contributed by atoms with Gasteiger partial charge in [-0.25, -0.2) is 4.39 Å². The molecule has 0 saturated heterocycles. The van der Waals surface area contributed by atoms with E-state index in [1.807, 2.05) is 13.8 Å². The summed E-state index contributed by atoms with van der Waals surface area (Å²) in [6, 6.07) is 5.03. The van der Waals surface area contributed by atoms with E-state index < -0.39 is 11.7 Å². The summed E-state index contributed by atoms with van der Waals surface area (Å²) in [5, 5.41) is 8.94. The quantitative estimate of drug-likeness (QED) is 0.876. The first-order valence-electron chi connectivity index (χ1n) is 5.53. The lowest BCUT2D eigenvalue weighted by atomic mass is 10.3. The number of carbonyl (C=O) groups is 1. The van der Waals surface area contributed by atoms with Crippen molar-refractivity contribution in [3.05, 3.63) is 46.0 Å². The second-order valence-corrected chi connectivity index (χ2v) is 3.99. The zero-order chi connectivity index (χ0) is 14.4. The lowest BCUT2D eigenvalue weighted by molar-refractivity contribution is 0.102. The van der Waals surface area contributed by atoms with Gasteiger partial charge >= 0.3 is 0 Å². The lowest BCUT2D eigenvalue weighted by Crippen LogP contribution is -2.12. The van der Waals surface area contributed by atoms with Crippen molar-refractivity contribution in [1.82, 2.24) is 10.2 Å². The molecule has 0 aliphatic carbocycles. The zero-order valence-electron chi connectivity index (χ0n) is 10.3. The number of H-pyrrole nitrogens is 1. The number of carbonyl (C=O) groups excluding carboxylic acids is 1. The summed E-state index contributed by atoms with van der Waals surface area (Å²) < 4.78 is 12.8. The average Bonchev–Trinajstić information content (AvgIpc) is 2.82. The fourth-order valence-electron chi connectivity index (χ4n) is 1.19. The number of anilines is 1. The topological polar surface area (TPSA) is 57.8 Å². The minimum absolute atomic E-state index is 0.111. The van der Waals surface area contributed by atoms with Gasteiger partial charge in [-0.1, -0.05) is 37.0 Å². The number of amides is 1. The Bertz CT molecular complexity index is 572. The number of nitrogens with zero attached hydrogens (tertiary/aromatic N) is 1. The number of hydrogen-bond acceptors (Lipinski definition) is 2. The normalized spacial score (nSPS) is 9.53. The highest BCUT2D eigenvalue weighted by Crippen LogP contribution is 2.22. The van der Waals surface area contributed by atoms with E-state index in [9.17, 15) is 9.18 Å². The van der Waals surface area contributed by atoms with Crippen molar-refractivity contribution in [3.63, 3.8) is 0 Å². The third-order valence-corrected chi connectivity index (χ3v) is 2.46. The van der Waals surface area contributed by atoms with E-state index in [0.29, 0.717) is 5.69 Å². The molecule has 1 amide bonds. The van der Waals surface area contributed by atoms with Crippen LogP contribution in [0.5, 0.6) is 0 Å². The Labute approximate surface area is 119 Å². The molecule has 1 aromatic carbocycles. The standard InChI is InChI=1S/C10H6Cl2FN3O.C2H6/c11-6-3-5(13)1-2-7(6)14-10(17)8-4-9(12)16-15-8;1-2/h1-4H,(H,14,17)(H,15,16);1-2H3. The van der Waals surface area contributed by atoms with Crippen molar-refractivity contribution in [2.45, 2.75) is 13.8 Å². The van der Waals surface area contributed by atoms with Gasteiger partial charge < -0.3 is 5.32 Å². The molecule has 19 heavy (non-hydrogen) atoms. The number of hydrogen-bond donors (Lipinski definition) is 2. The SMILES string of the molecule is CC.O=C(Nc1ccc(F)cc1Cl)c1cc(Cl)[nH]n1. The monoisotopic (exact) mass is 303 g/mol. The van der Waals surface area contributed by atoms with Gasteiger partial charge in [0, 0.05) is 6.07 Å². The Balaban J connectivity index is 0.000000861. The van der Waals surface area contributed by atoms with Crippen LogP contribution < -0.4 is 5.32 Å². The van der Waals surface area contributed by atoms with Gasteiger partial charge in [0.25, 0.3) is 5.91 Å². The van der Waals surface area contributed by atoms with Gasteiger partial charge in [-0.15, -0.1) is 0 Å². The van der Waals surface area contributed by atoms with E-state index in [-0.39, 0.29) is 15.9 Å². The third kappa shape index (κ3) is 4.22. The van der Waals surface area contributed by atoms with Gasteiger partial charge in [0.15, 0.2) is 5.69 Å². The van der Waals surface area contributed by atoms with Gasteiger partial charge in [0.2, 0.25) is 0 Å². The predicted molar refractivity (Wildman–Crippen MR) is 74.3 cm³/mol. The molecule has 102 valence electrons. The van der Waals surface area contributed by atoms with E-state index in [2.05, 4.69) is 15.5 Å². The molecule has 1 aromatic heterocycles. The van der Waals surface area contributed by atoms with Crippen LogP contribution in [0.2, 0.25) is 10.2 Å². The molecule has 0 spiro atoms. The Morgan fingerprint density at radius 2 is 2.00 bits per heavy atom. The zero-order valence-corrected chi connectivity index (χ0v) is 11.8. The van der Waals surface area contributed by atoms with Crippen LogP contribution in [0, 0.1) is 5.82 Å². The van der Waals surface area contributed by atoms with Crippen LogP contribution in [0.1, 0.15) is 24.3 Å². The van der Waals surface area contributed by atoms with Crippen LogP contribution >= 0.6 is 23.2 Å². The van der Waals surface area contributed by atoms with E-state index in [4.69, 9.17) is 23.2 Å². The van der Waals surface area contributed by atoms with E-state index in [1.54, 1.807) is 0 Å². The van der Waals surface area contributed by atoms with E-state index in [1.165, 1.54) is 18.2 Å². The third-order valence-electron chi connectivity index (χ3n) is 1.96. The summed E-state index contributed by atoms with van der Waals surface area (Å²) in [6.07, 6.45) is 0. The van der Waals surface area contributed by atoms with Gasteiger partial charge in [-0.3, -0.25) is 9.89 Å². The molecule has 0 unspecified atom stereocenters. The number of halogens is 3. The summed E-state index contributed by atoms with van der Waals surface area (Å²) in [5.41, 5.74) is 0.424. The van der Waals surface area contributed by atoms with Crippen molar-refractivity contribution >= 4 is 34.8 Å². The van der Waals surface area contributed by atoms with Crippen molar-refractivity contribution in [1.29, 1.82) is 0 Å². The largest absolute Gasteiger partial charge is 0.319 e. The molecule has 0 fully saturated rings. The first-order valence-corrected chi connectivity index (χ1v) is 6.29. The van der Waals surface area contributed by atoms with Crippen molar-refractivity contribution in [2.75, 3.05) is 5.32 Å². The molecule has 0 atom stereocenters. The summed E-state index contributed by atoms with van der Waals surface area (Å²) >= 11 is 11.3. The summed E-state index contributed by atoms with van der Waals surface area (Å²) in [6.45, 7) is 4.00. The molecule has 7 heteroatoms. The molecule has 0 saturated carbocycles. The fourth-order valence-corrected chi connectivity index (χ4v) is 1.55. The second kappa shape index (κ2) is 7.11. The molecule has 0 aliphatic heterocycles. The Hall–Kier alpha value is -1.59. The summed E-state index contributed by atoms with van der Waals surface area (Å²) in [5.74, 6) is -0.961. The predicted octanol–water partition coefficient (Wildman–Crippen LogP) is 4.13. The molecular formula is C12H12Cl2FN3O. The molecule has 2 N–H and O–H groups in total. The van der Waals surface area contributed by atoms with Crippen LogP contribution in [-0.4, -0.2) is 16.1 Å². The number of benzene rings is 1. The Kier molecular flexibility index (Phi) is 5.79. The average molecular weight is 304 g/mol. The fraction of sp³-hybridized carbons (Fsp3) is 0.167. The minimum atomic E-state index is -0.485. The molecule has 1 heterocycles. The molecule has 0 bridgehead atoms. The van der Waals surface area contributed by atoms with Crippen LogP contribution in [0.3, 0.4) is 0 Å². The Morgan fingerprint density at radius 1 is 1.32 bits per heavy atom. The second-order valence-electron chi connectivity index (χ2n) is 3.18. The van der Waals surface area contributed by atoms with Gasteiger partial charge in [-0.05, 0) is 18.2 Å². The number of aromatic nitrogens is 2. The highest BCUT2D eigenvalue weighted by atomic mass is 35.5. The first-order chi connectivity index (χ1) is 9.06. The molecule has 0 radical (unpaired) electrons. The highest BCUT2D eigenvalue weighted by Gasteiger charge is 2.12. The lowest BCUT2D eigenvalue weighted by Gasteiger charge is -2.05. The van der Waals surface area contributed by atoms with Crippen LogP contribution in [0.15, 0.2) is 24.3 Å². The van der Waals surface area contributed by atoms with Crippen LogP contribution in [0.4, 0.5) is 10.1 Å². The van der Waals surface area contributed by atoms with E-state index >= 15 is 0 Å². The highest BCUT2D eigenvalue weighted by molar-refractivity contribution is 6.34. The summed E-state index contributed by atoms with van der Waals surface area (Å²) in [7, 11) is 0. The molecule has 0 aliphatic rings. The minimum Gasteiger partial charge on any atom is -0.319 e. The molecule has 2 rings (SSSR count). The van der Waals surface area contributed by atoms with Gasteiger partial charge in [-0.2, -0.15) is 5.10 Å². The van der Waals surface area contributed by atoms with Crippen molar-refractivity contribution in [3.8, 4) is 0 Å². The smallest absolute Gasteiger partial charge is 0.276 e. The molecular weight excluding hydrogens is 292 g/mol. The summed E-state index contributed by atoms with van der Waals surface area (Å²) in [4.78, 5) is 11.7. The van der Waals surface area contributed by atoms with Gasteiger partial charge in [0.1, 0.15) is 11.0 Å². The van der Waals surface area contributed by atoms with Crippen molar-refractivity contribution < 1.29 is 9.18 Å². The number of aromatic amines is 1. The number of nitrogens with one attached hydrogen (secondary N) is 2. The maximum atomic E-state index is 12.8. The van der Waals surface area contributed by atoms with Crippen LogP contribution in [-0.2, 0) is 0 Å². The van der Waals surface area contributed by atoms with Crippen LogP contribution in [0.25, 0.3) is 0 Å². The number of rotatable bonds is 2. The van der Waals surface area contributed by atoms with Gasteiger partial charge in [0.05, 0.1) is 10.7 Å². The maximum Gasteiger partial charge on any atom is 0.276 e. The maximum absolute atomic E-state index is 12.8. The van der Waals surface area contributed by atoms with Crippen molar-refractivity contribution in [2.24, 2.45) is 0 Å². The molecule has 2 aromatic rings. The first kappa shape index (κ1) is 15.5.